The van der Waals surface area contributed by atoms with Crippen molar-refractivity contribution in [2.75, 3.05) is 7.05 Å². The van der Waals surface area contributed by atoms with Crippen LogP contribution in [-0.4, -0.2) is 18.0 Å². The molecule has 1 unspecified atom stereocenters. The summed E-state index contributed by atoms with van der Waals surface area (Å²) in [7, 11) is 2.08. The van der Waals surface area contributed by atoms with Crippen molar-refractivity contribution < 1.29 is 0 Å². The number of hydrogen-bond donors (Lipinski definition) is 0. The Kier molecular flexibility index (Phi) is 1.55. The molecule has 0 amide bonds. The Labute approximate surface area is 73.1 Å². The van der Waals surface area contributed by atoms with E-state index in [-0.39, 0.29) is 6.04 Å². The largest absolute Gasteiger partial charge is 0.361 e. The topological polar surface area (TPSA) is 3.24 Å². The molecule has 12 heavy (non-hydrogen) atoms. The molecule has 0 N–H and O–H groups in total. The van der Waals surface area contributed by atoms with Gasteiger partial charge in [-0.3, -0.25) is 0 Å². The number of fused-ring (bicyclic) bond motifs is 1. The SMILES string of the molecule is CC1=CC2=CC=CC#CC2N1C. The minimum absolute atomic E-state index is 0.278. The third kappa shape index (κ3) is 0.967. The smallest absolute Gasteiger partial charge is 0.116 e. The van der Waals surface area contributed by atoms with Crippen LogP contribution in [0.1, 0.15) is 6.92 Å². The quantitative estimate of drug-likeness (QED) is 0.484. The van der Waals surface area contributed by atoms with Crippen LogP contribution in [0.15, 0.2) is 35.6 Å². The summed E-state index contributed by atoms with van der Waals surface area (Å²) in [5.74, 6) is 6.20. The summed E-state index contributed by atoms with van der Waals surface area (Å²) in [6, 6.07) is 0.278. The molecule has 0 aromatic carbocycles. The zero-order chi connectivity index (χ0) is 8.55. The molecule has 0 spiro atoms. The zero-order valence-corrected chi connectivity index (χ0v) is 7.33. The van der Waals surface area contributed by atoms with Crippen LogP contribution < -0.4 is 0 Å². The van der Waals surface area contributed by atoms with E-state index in [1.807, 2.05) is 12.2 Å². The third-order valence-corrected chi connectivity index (χ3v) is 2.32. The molecule has 0 saturated heterocycles. The first kappa shape index (κ1) is 7.24. The van der Waals surface area contributed by atoms with Gasteiger partial charge in [0, 0.05) is 12.7 Å². The molecular weight excluding hydrogens is 146 g/mol. The highest BCUT2D eigenvalue weighted by molar-refractivity contribution is 5.46. The monoisotopic (exact) mass is 157 g/mol. The van der Waals surface area contributed by atoms with Crippen LogP contribution in [0.25, 0.3) is 0 Å². The van der Waals surface area contributed by atoms with Gasteiger partial charge in [-0.25, -0.2) is 0 Å². The average Bonchev–Trinajstić information content (AvgIpc) is 2.30. The predicted octanol–water partition coefficient (Wildman–Crippen LogP) is 1.70. The van der Waals surface area contributed by atoms with E-state index >= 15 is 0 Å². The molecule has 2 aliphatic rings. The van der Waals surface area contributed by atoms with Crippen molar-refractivity contribution in [1.29, 1.82) is 0 Å². The Morgan fingerprint density at radius 3 is 3.17 bits per heavy atom. The van der Waals surface area contributed by atoms with E-state index in [4.69, 9.17) is 0 Å². The normalized spacial score (nSPS) is 25.2. The summed E-state index contributed by atoms with van der Waals surface area (Å²) >= 11 is 0. The molecule has 0 aromatic rings. The molecule has 60 valence electrons. The fraction of sp³-hybridized carbons (Fsp3) is 0.273. The highest BCUT2D eigenvalue weighted by Gasteiger charge is 2.22. The van der Waals surface area contributed by atoms with Crippen LogP contribution in [-0.2, 0) is 0 Å². The number of allylic oxidation sites excluding steroid dienone is 4. The fourth-order valence-corrected chi connectivity index (χ4v) is 1.50. The Morgan fingerprint density at radius 2 is 2.33 bits per heavy atom. The van der Waals surface area contributed by atoms with Crippen molar-refractivity contribution >= 4 is 0 Å². The Morgan fingerprint density at radius 1 is 1.50 bits per heavy atom. The maximum Gasteiger partial charge on any atom is 0.116 e. The van der Waals surface area contributed by atoms with Gasteiger partial charge in [0.1, 0.15) is 6.04 Å². The van der Waals surface area contributed by atoms with Gasteiger partial charge in [-0.2, -0.15) is 0 Å². The van der Waals surface area contributed by atoms with Crippen LogP contribution in [0.3, 0.4) is 0 Å². The lowest BCUT2D eigenvalue weighted by Gasteiger charge is -2.19. The second-order valence-electron chi connectivity index (χ2n) is 3.11. The van der Waals surface area contributed by atoms with Gasteiger partial charge in [0.25, 0.3) is 0 Å². The summed E-state index contributed by atoms with van der Waals surface area (Å²) in [5, 5.41) is 0. The van der Waals surface area contributed by atoms with Gasteiger partial charge in [0.2, 0.25) is 0 Å². The van der Waals surface area contributed by atoms with Crippen LogP contribution in [0.2, 0.25) is 0 Å². The highest BCUT2D eigenvalue weighted by atomic mass is 15.1. The van der Waals surface area contributed by atoms with Crippen LogP contribution in [0.5, 0.6) is 0 Å². The van der Waals surface area contributed by atoms with Gasteiger partial charge < -0.3 is 4.90 Å². The van der Waals surface area contributed by atoms with E-state index in [1.165, 1.54) is 11.3 Å². The number of nitrogens with zero attached hydrogens (tertiary/aromatic N) is 1. The minimum Gasteiger partial charge on any atom is -0.361 e. The van der Waals surface area contributed by atoms with Crippen molar-refractivity contribution in [3.05, 3.63) is 35.6 Å². The summed E-state index contributed by atoms with van der Waals surface area (Å²) in [4.78, 5) is 2.20. The Bertz CT molecular complexity index is 347. The van der Waals surface area contributed by atoms with Gasteiger partial charge in [-0.05, 0) is 24.6 Å². The van der Waals surface area contributed by atoms with Crippen molar-refractivity contribution in [2.45, 2.75) is 13.0 Å². The molecule has 0 aromatic heterocycles. The molecule has 1 heteroatoms. The van der Waals surface area contributed by atoms with Crippen LogP contribution in [0, 0.1) is 11.8 Å². The zero-order valence-electron chi connectivity index (χ0n) is 7.33. The average molecular weight is 157 g/mol. The summed E-state index contributed by atoms with van der Waals surface area (Å²) in [6.45, 7) is 2.11. The van der Waals surface area contributed by atoms with Gasteiger partial charge in [0.15, 0.2) is 0 Å². The summed E-state index contributed by atoms with van der Waals surface area (Å²) in [6.07, 6.45) is 8.20. The van der Waals surface area contributed by atoms with E-state index in [2.05, 4.69) is 42.9 Å². The van der Waals surface area contributed by atoms with Crippen LogP contribution >= 0.6 is 0 Å². The van der Waals surface area contributed by atoms with Crippen molar-refractivity contribution in [3.63, 3.8) is 0 Å². The predicted molar refractivity (Wildman–Crippen MR) is 50.3 cm³/mol. The molecule has 1 atom stereocenters. The van der Waals surface area contributed by atoms with E-state index in [1.54, 1.807) is 0 Å². The second-order valence-corrected chi connectivity index (χ2v) is 3.11. The summed E-state index contributed by atoms with van der Waals surface area (Å²) in [5.41, 5.74) is 2.59. The molecule has 1 nitrogen and oxygen atoms in total. The van der Waals surface area contributed by atoms with Crippen molar-refractivity contribution in [2.24, 2.45) is 0 Å². The van der Waals surface area contributed by atoms with Crippen molar-refractivity contribution in [1.82, 2.24) is 4.90 Å². The van der Waals surface area contributed by atoms with E-state index in [0.29, 0.717) is 0 Å². The van der Waals surface area contributed by atoms with E-state index < -0.39 is 0 Å². The standard InChI is InChI=1S/C11H11N/c1-9-8-10-6-4-3-5-7-11(10)12(9)2/h3-4,6,8,11H,1-2H3. The summed E-state index contributed by atoms with van der Waals surface area (Å²) < 4.78 is 0. The van der Waals surface area contributed by atoms with Gasteiger partial charge >= 0.3 is 0 Å². The molecule has 1 aliphatic heterocycles. The van der Waals surface area contributed by atoms with Gasteiger partial charge in [0.05, 0.1) is 0 Å². The first-order chi connectivity index (χ1) is 5.79. The lowest BCUT2D eigenvalue weighted by Crippen LogP contribution is -2.24. The first-order valence-corrected chi connectivity index (χ1v) is 4.08. The number of likely N-dealkylation sites (N-methyl/N-ethyl adjacent to an activating group) is 1. The maximum atomic E-state index is 3.19. The third-order valence-electron chi connectivity index (χ3n) is 2.32. The molecular formula is C11H11N. The van der Waals surface area contributed by atoms with Crippen LogP contribution in [0.4, 0.5) is 0 Å². The molecule has 0 radical (unpaired) electrons. The fourth-order valence-electron chi connectivity index (χ4n) is 1.50. The van der Waals surface area contributed by atoms with Crippen molar-refractivity contribution in [3.8, 4) is 11.8 Å². The lowest BCUT2D eigenvalue weighted by molar-refractivity contribution is 0.425. The molecule has 1 heterocycles. The molecule has 2 rings (SSSR count). The molecule has 0 fully saturated rings. The number of hydrogen-bond acceptors (Lipinski definition) is 1. The minimum atomic E-state index is 0.278. The van der Waals surface area contributed by atoms with E-state index in [0.717, 1.165) is 0 Å². The molecule has 1 aliphatic carbocycles. The number of rotatable bonds is 0. The second kappa shape index (κ2) is 2.57. The Hall–Kier alpha value is -1.42. The first-order valence-electron chi connectivity index (χ1n) is 4.08. The maximum absolute atomic E-state index is 3.19. The highest BCUT2D eigenvalue weighted by Crippen LogP contribution is 2.24. The van der Waals surface area contributed by atoms with Gasteiger partial charge in [-0.15, -0.1) is 0 Å². The molecule has 0 bridgehead atoms. The van der Waals surface area contributed by atoms with E-state index in [9.17, 15) is 0 Å². The lowest BCUT2D eigenvalue weighted by atomic mass is 10.1. The Balaban J connectivity index is 2.43. The van der Waals surface area contributed by atoms with Gasteiger partial charge in [-0.1, -0.05) is 24.0 Å². The molecule has 0 saturated carbocycles.